The van der Waals surface area contributed by atoms with Gasteiger partial charge in [-0.1, -0.05) is 6.07 Å². The number of hydrogen-bond acceptors (Lipinski definition) is 6. The van der Waals surface area contributed by atoms with E-state index in [2.05, 4.69) is 25.4 Å². The lowest BCUT2D eigenvalue weighted by atomic mass is 9.82. The van der Waals surface area contributed by atoms with Crippen molar-refractivity contribution in [2.24, 2.45) is 0 Å². The Labute approximate surface area is 184 Å². The molecule has 2 aliphatic rings. The van der Waals surface area contributed by atoms with E-state index in [9.17, 15) is 18.0 Å². The first-order valence-electron chi connectivity index (χ1n) is 10.2. The van der Waals surface area contributed by atoms with Crippen LogP contribution in [0.15, 0.2) is 36.7 Å². The molecule has 1 aromatic carbocycles. The quantitative estimate of drug-likeness (QED) is 0.514. The van der Waals surface area contributed by atoms with Gasteiger partial charge in [-0.2, -0.15) is 5.10 Å². The molecular weight excluding hydrogens is 437 g/mol. The van der Waals surface area contributed by atoms with Gasteiger partial charge in [0.25, 0.3) is 0 Å². The number of carbonyl (C=O) groups excluding carboxylic acids is 1. The molecule has 0 saturated carbocycles. The van der Waals surface area contributed by atoms with Crippen LogP contribution in [-0.4, -0.2) is 43.9 Å². The maximum atomic E-state index is 14.2. The van der Waals surface area contributed by atoms with E-state index in [4.69, 9.17) is 4.74 Å². The Bertz CT molecular complexity index is 1450. The third-order valence-corrected chi connectivity index (χ3v) is 6.09. The van der Waals surface area contributed by atoms with E-state index in [1.54, 1.807) is 6.20 Å². The summed E-state index contributed by atoms with van der Waals surface area (Å²) in [5, 5.41) is 7.56. The molecule has 1 spiro atoms. The van der Waals surface area contributed by atoms with Crippen molar-refractivity contribution in [3.8, 4) is 11.5 Å². The number of amides is 1. The summed E-state index contributed by atoms with van der Waals surface area (Å²) in [5.74, 6) is -1.71. The van der Waals surface area contributed by atoms with Crippen molar-refractivity contribution in [2.75, 3.05) is 18.5 Å². The van der Waals surface area contributed by atoms with Crippen molar-refractivity contribution < 1.29 is 22.7 Å². The van der Waals surface area contributed by atoms with Gasteiger partial charge >= 0.3 is 0 Å². The van der Waals surface area contributed by atoms with E-state index in [1.165, 1.54) is 16.8 Å². The number of aromatic nitrogens is 5. The molecule has 1 fully saturated rings. The summed E-state index contributed by atoms with van der Waals surface area (Å²) in [6, 6.07) is 4.48. The van der Waals surface area contributed by atoms with Crippen LogP contribution in [0.3, 0.4) is 0 Å². The predicted molar refractivity (Wildman–Crippen MR) is 110 cm³/mol. The maximum Gasteiger partial charge on any atom is 0.238 e. The molecule has 1 unspecified atom stereocenters. The zero-order valence-electron chi connectivity index (χ0n) is 17.0. The molecule has 2 aliphatic heterocycles. The molecule has 6 rings (SSSR count). The molecule has 1 N–H and O–H groups in total. The van der Waals surface area contributed by atoms with Gasteiger partial charge in [-0.25, -0.2) is 32.8 Å². The Morgan fingerprint density at radius 2 is 2.00 bits per heavy atom. The Morgan fingerprint density at radius 3 is 2.79 bits per heavy atom. The Kier molecular flexibility index (Phi) is 4.24. The number of fused-ring (bicyclic) bond motifs is 3. The van der Waals surface area contributed by atoms with Gasteiger partial charge in [0.1, 0.15) is 34.4 Å². The molecule has 0 radical (unpaired) electrons. The van der Waals surface area contributed by atoms with Gasteiger partial charge in [0.05, 0.1) is 24.7 Å². The molecular formula is C22H15F3N6O2. The highest BCUT2D eigenvalue weighted by atomic mass is 19.1. The first kappa shape index (κ1) is 19.8. The second-order valence-electron chi connectivity index (χ2n) is 8.06. The molecule has 33 heavy (non-hydrogen) atoms. The number of pyridine rings is 1. The summed E-state index contributed by atoms with van der Waals surface area (Å²) in [5.41, 5.74) is 0.534. The SMILES string of the molecule is O=C1Nc2nc(-c3nn(Cc4ccc(F)cc4F)c4ncc(F)cc34)ncc2C12CCOC2. The van der Waals surface area contributed by atoms with Crippen LogP contribution < -0.4 is 5.32 Å². The van der Waals surface area contributed by atoms with Gasteiger partial charge in [0.2, 0.25) is 5.91 Å². The van der Waals surface area contributed by atoms with Crippen LogP contribution in [0.25, 0.3) is 22.6 Å². The lowest BCUT2D eigenvalue weighted by molar-refractivity contribution is -0.120. The second kappa shape index (κ2) is 7.07. The first-order valence-corrected chi connectivity index (χ1v) is 10.2. The van der Waals surface area contributed by atoms with Gasteiger partial charge in [0, 0.05) is 30.0 Å². The minimum atomic E-state index is -0.803. The highest BCUT2D eigenvalue weighted by Gasteiger charge is 2.50. The third-order valence-electron chi connectivity index (χ3n) is 6.09. The van der Waals surface area contributed by atoms with Gasteiger partial charge in [-0.05, 0) is 18.6 Å². The fourth-order valence-corrected chi connectivity index (χ4v) is 4.37. The predicted octanol–water partition coefficient (Wildman–Crippen LogP) is 2.96. The largest absolute Gasteiger partial charge is 0.380 e. The number of anilines is 1. The molecule has 0 bridgehead atoms. The van der Waals surface area contributed by atoms with Gasteiger partial charge in [0.15, 0.2) is 11.5 Å². The Balaban J connectivity index is 1.46. The summed E-state index contributed by atoms with van der Waals surface area (Å²) in [6.45, 7) is 0.655. The van der Waals surface area contributed by atoms with Crippen LogP contribution >= 0.6 is 0 Å². The third kappa shape index (κ3) is 2.99. The summed E-state index contributed by atoms with van der Waals surface area (Å²) in [4.78, 5) is 25.6. The highest BCUT2D eigenvalue weighted by molar-refractivity contribution is 6.05. The Hall–Kier alpha value is -3.86. The van der Waals surface area contributed by atoms with Gasteiger partial charge in [-0.15, -0.1) is 0 Å². The monoisotopic (exact) mass is 452 g/mol. The van der Waals surface area contributed by atoms with Gasteiger partial charge < -0.3 is 10.1 Å². The summed E-state index contributed by atoms with van der Waals surface area (Å²) in [6.07, 6.45) is 3.12. The van der Waals surface area contributed by atoms with E-state index >= 15 is 0 Å². The van der Waals surface area contributed by atoms with Crippen LogP contribution in [-0.2, 0) is 21.5 Å². The van der Waals surface area contributed by atoms with E-state index in [-0.39, 0.29) is 41.8 Å². The normalized spacial score (nSPS) is 19.4. The van der Waals surface area contributed by atoms with Crippen molar-refractivity contribution >= 4 is 22.8 Å². The summed E-state index contributed by atoms with van der Waals surface area (Å²) >= 11 is 0. The highest BCUT2D eigenvalue weighted by Crippen LogP contribution is 2.42. The van der Waals surface area contributed by atoms with Crippen molar-refractivity contribution in [3.63, 3.8) is 0 Å². The van der Waals surface area contributed by atoms with Crippen LogP contribution in [0.2, 0.25) is 0 Å². The summed E-state index contributed by atoms with van der Waals surface area (Å²) < 4.78 is 48.4. The second-order valence-corrected chi connectivity index (χ2v) is 8.06. The zero-order chi connectivity index (χ0) is 22.7. The van der Waals surface area contributed by atoms with E-state index in [1.807, 2.05) is 0 Å². The van der Waals surface area contributed by atoms with Crippen molar-refractivity contribution in [2.45, 2.75) is 18.4 Å². The fraction of sp³-hybridized carbons (Fsp3) is 0.227. The molecule has 1 saturated heterocycles. The molecule has 8 nitrogen and oxygen atoms in total. The maximum absolute atomic E-state index is 14.2. The van der Waals surface area contributed by atoms with Crippen molar-refractivity contribution in [1.82, 2.24) is 24.7 Å². The summed E-state index contributed by atoms with van der Waals surface area (Å²) in [7, 11) is 0. The number of carbonyl (C=O) groups is 1. The number of rotatable bonds is 3. The molecule has 5 heterocycles. The average molecular weight is 452 g/mol. The molecule has 0 aliphatic carbocycles. The van der Waals surface area contributed by atoms with Crippen molar-refractivity contribution in [1.29, 1.82) is 0 Å². The van der Waals surface area contributed by atoms with E-state index in [0.29, 0.717) is 29.8 Å². The number of nitrogens with zero attached hydrogens (tertiary/aromatic N) is 5. The van der Waals surface area contributed by atoms with Crippen molar-refractivity contribution in [3.05, 3.63) is 65.2 Å². The lowest BCUT2D eigenvalue weighted by Gasteiger charge is -2.17. The number of benzene rings is 1. The molecule has 1 atom stereocenters. The Morgan fingerprint density at radius 1 is 1.12 bits per heavy atom. The lowest BCUT2D eigenvalue weighted by Crippen LogP contribution is -2.34. The van der Waals surface area contributed by atoms with Crippen LogP contribution in [0.4, 0.5) is 19.0 Å². The first-order chi connectivity index (χ1) is 15.9. The number of ether oxygens (including phenoxy) is 1. The minimum Gasteiger partial charge on any atom is -0.380 e. The van der Waals surface area contributed by atoms with E-state index < -0.39 is 22.9 Å². The number of hydrogen-bond donors (Lipinski definition) is 1. The zero-order valence-corrected chi connectivity index (χ0v) is 17.0. The standard InChI is InChI=1S/C22H15F3N6O2/c23-12-2-1-11(16(25)6-12)9-31-20-14(5-13(24)7-27-20)17(30-31)19-26-8-15-18(28-19)29-21(32)22(15)3-4-33-10-22/h1-2,5-8H,3-4,9-10H2,(H,26,28,29,32). The average Bonchev–Trinajstić information content (AvgIpc) is 3.48. The smallest absolute Gasteiger partial charge is 0.238 e. The van der Waals surface area contributed by atoms with Crippen LogP contribution in [0.5, 0.6) is 0 Å². The topological polar surface area (TPSA) is 94.8 Å². The minimum absolute atomic E-state index is 0.0661. The van der Waals surface area contributed by atoms with Crippen LogP contribution in [0, 0.1) is 17.5 Å². The fourth-order valence-electron chi connectivity index (χ4n) is 4.37. The molecule has 4 aromatic rings. The number of nitrogens with one attached hydrogen (secondary N) is 1. The van der Waals surface area contributed by atoms with E-state index in [0.717, 1.165) is 18.3 Å². The van der Waals surface area contributed by atoms with Gasteiger partial charge in [-0.3, -0.25) is 4.79 Å². The molecule has 3 aromatic heterocycles. The number of halogens is 3. The molecule has 11 heteroatoms. The van der Waals surface area contributed by atoms with Crippen LogP contribution in [0.1, 0.15) is 17.5 Å². The molecule has 1 amide bonds. The molecule has 166 valence electrons.